The van der Waals surface area contributed by atoms with Gasteiger partial charge in [0.15, 0.2) is 0 Å². The van der Waals surface area contributed by atoms with Crippen LogP contribution >= 0.6 is 0 Å². The van der Waals surface area contributed by atoms with Gasteiger partial charge < -0.3 is 16.7 Å². The number of hydrogen-bond acceptors (Lipinski definition) is 3. The molecule has 1 aromatic rings. The number of benzene rings is 1. The summed E-state index contributed by atoms with van der Waals surface area (Å²) in [7, 11) is 0. The summed E-state index contributed by atoms with van der Waals surface area (Å²) < 4.78 is 0. The van der Waals surface area contributed by atoms with Crippen LogP contribution in [-0.4, -0.2) is 33.2 Å². The van der Waals surface area contributed by atoms with Gasteiger partial charge >= 0.3 is 36.8 Å². The Morgan fingerprint density at radius 3 is 1.50 bits per heavy atom. The van der Waals surface area contributed by atoms with Crippen molar-refractivity contribution in [2.75, 3.05) is 0 Å². The zero-order chi connectivity index (χ0) is 11.6. The van der Waals surface area contributed by atoms with Crippen LogP contribution in [0.1, 0.15) is 32.5 Å². The first kappa shape index (κ1) is 14.2. The zero-order valence-corrected chi connectivity index (χ0v) is 8.30. The summed E-state index contributed by atoms with van der Waals surface area (Å²) in [6, 6.07) is 3.26. The molecule has 3 N–H and O–H groups in total. The second kappa shape index (κ2) is 5.35. The summed E-state index contributed by atoms with van der Waals surface area (Å²) in [5.41, 5.74) is -1.79. The Kier molecular flexibility index (Phi) is 4.76. The van der Waals surface area contributed by atoms with Gasteiger partial charge in [0.05, 0.1) is 16.7 Å². The molecule has 16 heavy (non-hydrogen) atoms. The average Bonchev–Trinajstić information content (AvgIpc) is 2.16. The molecule has 0 bridgehead atoms. The van der Waals surface area contributed by atoms with Gasteiger partial charge in [-0.1, -0.05) is 6.07 Å². The van der Waals surface area contributed by atoms with E-state index in [-0.39, 0.29) is 20.3 Å². The quantitative estimate of drug-likeness (QED) is 0.501. The SMILES string of the molecule is O=C(O)c1cccc(C(=O)O)c1C(=O)O.[H-].[Li+]. The predicted molar refractivity (Wildman–Crippen MR) is 48.4 cm³/mol. The molecule has 0 radical (unpaired) electrons. The molecule has 0 saturated heterocycles. The van der Waals surface area contributed by atoms with Crippen molar-refractivity contribution >= 4 is 17.9 Å². The van der Waals surface area contributed by atoms with Crippen LogP contribution in [-0.2, 0) is 0 Å². The van der Waals surface area contributed by atoms with E-state index in [2.05, 4.69) is 0 Å². The summed E-state index contributed by atoms with van der Waals surface area (Å²) >= 11 is 0. The maximum absolute atomic E-state index is 10.7. The van der Waals surface area contributed by atoms with Gasteiger partial charge in [-0.15, -0.1) is 0 Å². The summed E-state index contributed by atoms with van der Waals surface area (Å²) in [5, 5.41) is 26.0. The van der Waals surface area contributed by atoms with Gasteiger partial charge in [0, 0.05) is 0 Å². The van der Waals surface area contributed by atoms with Crippen molar-refractivity contribution in [3.8, 4) is 0 Å². The summed E-state index contributed by atoms with van der Waals surface area (Å²) in [4.78, 5) is 32.0. The number of carboxylic acid groups (broad SMARTS) is 3. The van der Waals surface area contributed by atoms with E-state index < -0.39 is 34.6 Å². The smallest absolute Gasteiger partial charge is 1.00 e. The second-order valence-electron chi connectivity index (χ2n) is 2.64. The largest absolute Gasteiger partial charge is 1.00 e. The monoisotopic (exact) mass is 218 g/mol. The van der Waals surface area contributed by atoms with E-state index in [1.807, 2.05) is 0 Å². The van der Waals surface area contributed by atoms with Crippen molar-refractivity contribution in [3.63, 3.8) is 0 Å². The standard InChI is InChI=1S/C9H6O6.Li.H/c10-7(11)4-2-1-3-5(8(12)13)6(4)9(14)15;;/h1-3H,(H,10,11)(H,12,13)(H,14,15);;/q;+1;-1. The normalized spacial score (nSPS) is 9.00. The molecule has 0 spiro atoms. The Morgan fingerprint density at radius 1 is 0.875 bits per heavy atom. The maximum atomic E-state index is 10.7. The van der Waals surface area contributed by atoms with Crippen LogP contribution in [0.4, 0.5) is 0 Å². The van der Waals surface area contributed by atoms with E-state index in [1.54, 1.807) is 0 Å². The van der Waals surface area contributed by atoms with Gasteiger partial charge in [-0.25, -0.2) is 14.4 Å². The Bertz CT molecular complexity index is 427. The zero-order valence-electron chi connectivity index (χ0n) is 9.30. The minimum Gasteiger partial charge on any atom is -1.00 e. The molecule has 80 valence electrons. The molecular formula is C9H7LiO6. The molecule has 0 atom stereocenters. The number of carbonyl (C=O) groups is 3. The summed E-state index contributed by atoms with van der Waals surface area (Å²) in [6.45, 7) is 0. The molecule has 1 rings (SSSR count). The molecule has 0 saturated carbocycles. The number of hydrogen-bond donors (Lipinski definition) is 3. The van der Waals surface area contributed by atoms with E-state index in [0.717, 1.165) is 12.1 Å². The molecular weight excluding hydrogens is 211 g/mol. The fraction of sp³-hybridized carbons (Fsp3) is 0. The van der Waals surface area contributed by atoms with Crippen LogP contribution in [0.15, 0.2) is 18.2 Å². The average molecular weight is 218 g/mol. The molecule has 7 heteroatoms. The van der Waals surface area contributed by atoms with Crippen LogP contribution in [0.2, 0.25) is 0 Å². The van der Waals surface area contributed by atoms with Crippen molar-refractivity contribution in [1.82, 2.24) is 0 Å². The van der Waals surface area contributed by atoms with E-state index in [4.69, 9.17) is 15.3 Å². The third-order valence-corrected chi connectivity index (χ3v) is 1.74. The maximum Gasteiger partial charge on any atom is 1.00 e. The molecule has 6 nitrogen and oxygen atoms in total. The van der Waals surface area contributed by atoms with E-state index in [1.165, 1.54) is 6.07 Å². The predicted octanol–water partition coefficient (Wildman–Crippen LogP) is -2.10. The van der Waals surface area contributed by atoms with Gasteiger partial charge in [0.2, 0.25) is 0 Å². The third-order valence-electron chi connectivity index (χ3n) is 1.74. The van der Waals surface area contributed by atoms with Crippen LogP contribution in [0.5, 0.6) is 0 Å². The van der Waals surface area contributed by atoms with Gasteiger partial charge in [0.1, 0.15) is 0 Å². The van der Waals surface area contributed by atoms with Crippen molar-refractivity contribution < 1.29 is 50.0 Å². The van der Waals surface area contributed by atoms with Gasteiger partial charge in [-0.3, -0.25) is 0 Å². The number of rotatable bonds is 3. The fourth-order valence-electron chi connectivity index (χ4n) is 1.14. The minimum atomic E-state index is -1.58. The Morgan fingerprint density at radius 2 is 1.25 bits per heavy atom. The molecule has 0 aliphatic rings. The third kappa shape index (κ3) is 2.63. The Labute approximate surface area is 103 Å². The van der Waals surface area contributed by atoms with Crippen LogP contribution in [0.25, 0.3) is 0 Å². The van der Waals surface area contributed by atoms with Crippen molar-refractivity contribution in [1.29, 1.82) is 0 Å². The van der Waals surface area contributed by atoms with Gasteiger partial charge in [-0.2, -0.15) is 0 Å². The number of carboxylic acids is 3. The topological polar surface area (TPSA) is 112 Å². The molecule has 0 aromatic heterocycles. The number of aromatic carboxylic acids is 3. The van der Waals surface area contributed by atoms with Crippen LogP contribution in [0, 0.1) is 0 Å². The van der Waals surface area contributed by atoms with Crippen LogP contribution < -0.4 is 18.9 Å². The minimum absolute atomic E-state index is 0. The molecule has 0 fully saturated rings. The first-order valence-corrected chi connectivity index (χ1v) is 3.78. The summed E-state index contributed by atoms with van der Waals surface area (Å²) in [5.74, 6) is -4.53. The molecule has 0 amide bonds. The van der Waals surface area contributed by atoms with E-state index in [0.29, 0.717) is 0 Å². The first-order valence-electron chi connectivity index (χ1n) is 3.78. The van der Waals surface area contributed by atoms with Gasteiger partial charge in [-0.05, 0) is 12.1 Å². The summed E-state index contributed by atoms with van der Waals surface area (Å²) in [6.07, 6.45) is 0. The van der Waals surface area contributed by atoms with Crippen molar-refractivity contribution in [2.45, 2.75) is 0 Å². The Hall–Kier alpha value is -1.77. The molecule has 1 aromatic carbocycles. The van der Waals surface area contributed by atoms with Crippen LogP contribution in [0.3, 0.4) is 0 Å². The van der Waals surface area contributed by atoms with Crippen molar-refractivity contribution in [2.24, 2.45) is 0 Å². The molecule has 0 unspecified atom stereocenters. The van der Waals surface area contributed by atoms with E-state index >= 15 is 0 Å². The Balaban J connectivity index is 0. The molecule has 0 aliphatic heterocycles. The van der Waals surface area contributed by atoms with E-state index in [9.17, 15) is 14.4 Å². The first-order chi connectivity index (χ1) is 6.95. The molecule has 0 aliphatic carbocycles. The molecule has 0 heterocycles. The van der Waals surface area contributed by atoms with Crippen molar-refractivity contribution in [3.05, 3.63) is 34.9 Å². The fourth-order valence-corrected chi connectivity index (χ4v) is 1.14. The second-order valence-corrected chi connectivity index (χ2v) is 2.64. The van der Waals surface area contributed by atoms with Gasteiger partial charge in [0.25, 0.3) is 0 Å².